The van der Waals surface area contributed by atoms with Crippen LogP contribution in [0.2, 0.25) is 0 Å². The SMILES string of the molecule is Cc1nc(-c2c(F)ccc(C)c2F)n[nH]1. The summed E-state index contributed by atoms with van der Waals surface area (Å²) in [7, 11) is 0. The standard InChI is InChI=1S/C10H9F2N3/c1-5-3-4-7(11)8(9(5)12)10-13-6(2)14-15-10/h3-4H,1-2H3,(H,13,14,15). The zero-order valence-corrected chi connectivity index (χ0v) is 8.31. The number of hydrogen-bond donors (Lipinski definition) is 1. The Kier molecular flexibility index (Phi) is 2.22. The minimum atomic E-state index is -0.655. The van der Waals surface area contributed by atoms with Gasteiger partial charge in [-0.3, -0.25) is 5.10 Å². The summed E-state index contributed by atoms with van der Waals surface area (Å²) in [5.41, 5.74) is 0.188. The van der Waals surface area contributed by atoms with Gasteiger partial charge in [-0.25, -0.2) is 13.8 Å². The van der Waals surface area contributed by atoms with Gasteiger partial charge >= 0.3 is 0 Å². The smallest absolute Gasteiger partial charge is 0.187 e. The summed E-state index contributed by atoms with van der Waals surface area (Å²) in [5.74, 6) is -0.706. The van der Waals surface area contributed by atoms with Crippen LogP contribution in [0, 0.1) is 25.5 Å². The summed E-state index contributed by atoms with van der Waals surface area (Å²) in [6.45, 7) is 3.24. The van der Waals surface area contributed by atoms with Gasteiger partial charge in [0.25, 0.3) is 0 Å². The van der Waals surface area contributed by atoms with Gasteiger partial charge < -0.3 is 0 Å². The van der Waals surface area contributed by atoms with Crippen molar-refractivity contribution in [2.24, 2.45) is 0 Å². The Balaban J connectivity index is 2.66. The van der Waals surface area contributed by atoms with Crippen LogP contribution in [0.5, 0.6) is 0 Å². The normalized spacial score (nSPS) is 10.7. The monoisotopic (exact) mass is 209 g/mol. The fraction of sp³-hybridized carbons (Fsp3) is 0.200. The van der Waals surface area contributed by atoms with E-state index in [1.807, 2.05) is 0 Å². The molecule has 0 fully saturated rings. The molecular weight excluding hydrogens is 200 g/mol. The number of aromatic nitrogens is 3. The molecule has 2 aromatic rings. The quantitative estimate of drug-likeness (QED) is 0.783. The van der Waals surface area contributed by atoms with Crippen LogP contribution in [0.25, 0.3) is 11.4 Å². The zero-order chi connectivity index (χ0) is 11.0. The van der Waals surface area contributed by atoms with Crippen molar-refractivity contribution in [2.75, 3.05) is 0 Å². The van der Waals surface area contributed by atoms with E-state index in [0.29, 0.717) is 11.4 Å². The summed E-state index contributed by atoms with van der Waals surface area (Å²) in [6.07, 6.45) is 0. The molecule has 0 saturated carbocycles. The molecule has 1 heterocycles. The Morgan fingerprint density at radius 3 is 2.53 bits per heavy atom. The maximum atomic E-state index is 13.6. The maximum absolute atomic E-state index is 13.6. The van der Waals surface area contributed by atoms with E-state index in [9.17, 15) is 8.78 Å². The van der Waals surface area contributed by atoms with Crippen LogP contribution in [0.3, 0.4) is 0 Å². The minimum Gasteiger partial charge on any atom is -0.263 e. The number of hydrogen-bond acceptors (Lipinski definition) is 2. The number of nitrogens with zero attached hydrogens (tertiary/aromatic N) is 2. The molecule has 0 spiro atoms. The Morgan fingerprint density at radius 1 is 1.20 bits per heavy atom. The average Bonchev–Trinajstić information content (AvgIpc) is 2.59. The Morgan fingerprint density at radius 2 is 1.93 bits per heavy atom. The number of halogens is 2. The van der Waals surface area contributed by atoms with E-state index >= 15 is 0 Å². The fourth-order valence-electron chi connectivity index (χ4n) is 1.32. The second-order valence-electron chi connectivity index (χ2n) is 3.30. The molecular formula is C10H9F2N3. The lowest BCUT2D eigenvalue weighted by atomic mass is 10.1. The highest BCUT2D eigenvalue weighted by Crippen LogP contribution is 2.24. The van der Waals surface area contributed by atoms with Gasteiger partial charge in [0, 0.05) is 0 Å². The molecule has 78 valence electrons. The van der Waals surface area contributed by atoms with Gasteiger partial charge in [-0.05, 0) is 25.5 Å². The predicted molar refractivity (Wildman–Crippen MR) is 51.2 cm³/mol. The summed E-state index contributed by atoms with van der Waals surface area (Å²) in [5, 5.41) is 6.28. The molecule has 0 aliphatic carbocycles. The van der Waals surface area contributed by atoms with Crippen LogP contribution < -0.4 is 0 Å². The molecule has 0 amide bonds. The second-order valence-corrected chi connectivity index (χ2v) is 3.30. The fourth-order valence-corrected chi connectivity index (χ4v) is 1.32. The van der Waals surface area contributed by atoms with Crippen molar-refractivity contribution in [3.8, 4) is 11.4 Å². The number of rotatable bonds is 1. The molecule has 1 aromatic heterocycles. The van der Waals surface area contributed by atoms with Gasteiger partial charge in [0.2, 0.25) is 0 Å². The maximum Gasteiger partial charge on any atom is 0.187 e. The van der Waals surface area contributed by atoms with Crippen LogP contribution in [0.15, 0.2) is 12.1 Å². The minimum absolute atomic E-state index is 0.0474. The van der Waals surface area contributed by atoms with Crippen molar-refractivity contribution in [2.45, 2.75) is 13.8 Å². The van der Waals surface area contributed by atoms with E-state index < -0.39 is 11.6 Å². The van der Waals surface area contributed by atoms with Crippen molar-refractivity contribution in [1.29, 1.82) is 0 Å². The highest BCUT2D eigenvalue weighted by atomic mass is 19.1. The van der Waals surface area contributed by atoms with Crippen molar-refractivity contribution in [3.05, 3.63) is 35.2 Å². The molecule has 15 heavy (non-hydrogen) atoms. The Bertz CT molecular complexity index is 505. The zero-order valence-electron chi connectivity index (χ0n) is 8.31. The molecule has 0 atom stereocenters. The van der Waals surface area contributed by atoms with Crippen molar-refractivity contribution >= 4 is 0 Å². The molecule has 0 aliphatic rings. The first-order chi connectivity index (χ1) is 7.09. The van der Waals surface area contributed by atoms with Gasteiger partial charge in [-0.15, -0.1) is 0 Å². The number of benzene rings is 1. The molecule has 2 rings (SSSR count). The lowest BCUT2D eigenvalue weighted by Gasteiger charge is -2.02. The van der Waals surface area contributed by atoms with Crippen molar-refractivity contribution in [1.82, 2.24) is 15.2 Å². The largest absolute Gasteiger partial charge is 0.263 e. The van der Waals surface area contributed by atoms with E-state index in [1.165, 1.54) is 12.1 Å². The lowest BCUT2D eigenvalue weighted by molar-refractivity contribution is 0.582. The predicted octanol–water partition coefficient (Wildman–Crippen LogP) is 2.37. The molecule has 0 bridgehead atoms. The number of aryl methyl sites for hydroxylation is 2. The lowest BCUT2D eigenvalue weighted by Crippen LogP contribution is -1.94. The third-order valence-corrected chi connectivity index (χ3v) is 2.11. The third kappa shape index (κ3) is 1.60. The molecule has 0 radical (unpaired) electrons. The van der Waals surface area contributed by atoms with E-state index in [0.717, 1.165) is 0 Å². The van der Waals surface area contributed by atoms with Crippen LogP contribution in [-0.4, -0.2) is 15.2 Å². The summed E-state index contributed by atoms with van der Waals surface area (Å²) in [6, 6.07) is 2.59. The first kappa shape index (κ1) is 9.76. The summed E-state index contributed by atoms with van der Waals surface area (Å²) >= 11 is 0. The third-order valence-electron chi connectivity index (χ3n) is 2.11. The van der Waals surface area contributed by atoms with Gasteiger partial charge in [-0.2, -0.15) is 5.10 Å². The van der Waals surface area contributed by atoms with Gasteiger partial charge in [0.05, 0.1) is 5.56 Å². The summed E-state index contributed by atoms with van der Waals surface area (Å²) in [4.78, 5) is 3.90. The van der Waals surface area contributed by atoms with Gasteiger partial charge in [0.1, 0.15) is 17.5 Å². The molecule has 0 saturated heterocycles. The van der Waals surface area contributed by atoms with Crippen LogP contribution in [0.4, 0.5) is 8.78 Å². The van der Waals surface area contributed by atoms with Crippen molar-refractivity contribution < 1.29 is 8.78 Å². The first-order valence-electron chi connectivity index (χ1n) is 4.43. The van der Waals surface area contributed by atoms with E-state index in [1.54, 1.807) is 13.8 Å². The number of aromatic amines is 1. The molecule has 3 nitrogen and oxygen atoms in total. The van der Waals surface area contributed by atoms with Gasteiger partial charge in [-0.1, -0.05) is 6.07 Å². The van der Waals surface area contributed by atoms with E-state index in [-0.39, 0.29) is 11.4 Å². The van der Waals surface area contributed by atoms with Gasteiger partial charge in [0.15, 0.2) is 5.82 Å². The first-order valence-corrected chi connectivity index (χ1v) is 4.43. The molecule has 1 aromatic carbocycles. The molecule has 0 unspecified atom stereocenters. The van der Waals surface area contributed by atoms with Crippen LogP contribution >= 0.6 is 0 Å². The number of H-pyrrole nitrogens is 1. The highest BCUT2D eigenvalue weighted by molar-refractivity contribution is 5.57. The molecule has 1 N–H and O–H groups in total. The number of nitrogens with one attached hydrogen (secondary N) is 1. The Labute approximate surface area is 85.2 Å². The molecule has 0 aliphatic heterocycles. The van der Waals surface area contributed by atoms with Crippen molar-refractivity contribution in [3.63, 3.8) is 0 Å². The van der Waals surface area contributed by atoms with Crippen LogP contribution in [0.1, 0.15) is 11.4 Å². The Hall–Kier alpha value is -1.78. The second kappa shape index (κ2) is 3.42. The topological polar surface area (TPSA) is 41.6 Å². The highest BCUT2D eigenvalue weighted by Gasteiger charge is 2.16. The molecule has 5 heteroatoms. The van der Waals surface area contributed by atoms with E-state index in [4.69, 9.17) is 0 Å². The summed E-state index contributed by atoms with van der Waals surface area (Å²) < 4.78 is 27.0. The van der Waals surface area contributed by atoms with Crippen LogP contribution in [-0.2, 0) is 0 Å². The van der Waals surface area contributed by atoms with E-state index in [2.05, 4.69) is 15.2 Å². The average molecular weight is 209 g/mol.